The second-order valence-corrected chi connectivity index (χ2v) is 10.6. The molecule has 0 bridgehead atoms. The number of carbonyl (C=O) groups is 2. The van der Waals surface area contributed by atoms with E-state index in [4.69, 9.17) is 16.3 Å². The van der Waals surface area contributed by atoms with Crippen molar-refractivity contribution in [1.29, 1.82) is 0 Å². The van der Waals surface area contributed by atoms with E-state index < -0.39 is 28.5 Å². The molecule has 34 heavy (non-hydrogen) atoms. The van der Waals surface area contributed by atoms with Crippen LogP contribution in [0.25, 0.3) is 0 Å². The van der Waals surface area contributed by atoms with Crippen molar-refractivity contribution >= 4 is 33.5 Å². The number of rotatable bonds is 10. The molecule has 7 nitrogen and oxygen atoms in total. The van der Waals surface area contributed by atoms with Crippen LogP contribution in [0.5, 0.6) is 0 Å². The molecule has 2 aromatic carbocycles. The van der Waals surface area contributed by atoms with E-state index in [2.05, 4.69) is 11.4 Å². The molecule has 182 valence electrons. The fourth-order valence-corrected chi connectivity index (χ4v) is 5.06. The second-order valence-electron chi connectivity index (χ2n) is 8.17. The van der Waals surface area contributed by atoms with Crippen LogP contribution < -0.4 is 5.32 Å². The van der Waals surface area contributed by atoms with Gasteiger partial charge in [-0.2, -0.15) is 4.31 Å². The number of nitrogens with zero attached hydrogens (tertiary/aromatic N) is 1. The molecule has 1 N–H and O–H groups in total. The normalized spacial score (nSPS) is 13.9. The fraction of sp³-hybridized carbons (Fsp3) is 0.360. The first-order valence-electron chi connectivity index (χ1n) is 11.2. The summed E-state index contributed by atoms with van der Waals surface area (Å²) in [6.07, 6.45) is 7.52. The number of benzene rings is 2. The van der Waals surface area contributed by atoms with Gasteiger partial charge in [0.2, 0.25) is 10.0 Å². The van der Waals surface area contributed by atoms with Crippen LogP contribution in [-0.2, 0) is 26.1 Å². The highest BCUT2D eigenvalue weighted by Gasteiger charge is 2.24. The van der Waals surface area contributed by atoms with Crippen molar-refractivity contribution in [2.75, 3.05) is 20.2 Å². The molecule has 0 aliphatic heterocycles. The predicted molar refractivity (Wildman–Crippen MR) is 131 cm³/mol. The third-order valence-corrected chi connectivity index (χ3v) is 7.73. The lowest BCUT2D eigenvalue weighted by Crippen LogP contribution is -2.30. The summed E-state index contributed by atoms with van der Waals surface area (Å²) in [6, 6.07) is 13.0. The van der Waals surface area contributed by atoms with Crippen LogP contribution in [0.15, 0.2) is 65.1 Å². The van der Waals surface area contributed by atoms with Crippen LogP contribution in [0.2, 0.25) is 5.02 Å². The monoisotopic (exact) mass is 504 g/mol. The first kappa shape index (κ1) is 25.9. The summed E-state index contributed by atoms with van der Waals surface area (Å²) in [5.74, 6) is -1.29. The highest BCUT2D eigenvalue weighted by Crippen LogP contribution is 2.24. The summed E-state index contributed by atoms with van der Waals surface area (Å²) in [7, 11) is -2.42. The molecular formula is C25H29ClN2O5S. The van der Waals surface area contributed by atoms with Gasteiger partial charge in [-0.1, -0.05) is 53.6 Å². The van der Waals surface area contributed by atoms with Crippen LogP contribution in [-0.4, -0.2) is 44.8 Å². The first-order chi connectivity index (χ1) is 16.3. The maximum absolute atomic E-state index is 13.0. The van der Waals surface area contributed by atoms with E-state index in [0.717, 1.165) is 24.8 Å². The fourth-order valence-electron chi connectivity index (χ4n) is 3.68. The van der Waals surface area contributed by atoms with Crippen molar-refractivity contribution in [2.24, 2.45) is 0 Å². The number of allylic oxidation sites excluding steroid dienone is 1. The summed E-state index contributed by atoms with van der Waals surface area (Å²) >= 11 is 6.12. The molecule has 3 rings (SSSR count). The van der Waals surface area contributed by atoms with Gasteiger partial charge in [0.05, 0.1) is 15.5 Å². The van der Waals surface area contributed by atoms with E-state index in [-0.39, 0.29) is 22.0 Å². The van der Waals surface area contributed by atoms with Crippen molar-refractivity contribution < 1.29 is 22.7 Å². The lowest BCUT2D eigenvalue weighted by Gasteiger charge is -2.18. The van der Waals surface area contributed by atoms with Crippen LogP contribution in [0.1, 0.15) is 48.0 Å². The maximum atomic E-state index is 13.0. The number of nitrogens with one attached hydrogen (secondary N) is 1. The maximum Gasteiger partial charge on any atom is 0.340 e. The highest BCUT2D eigenvalue weighted by atomic mass is 35.5. The quantitative estimate of drug-likeness (QED) is 0.384. The van der Waals surface area contributed by atoms with Crippen molar-refractivity contribution in [2.45, 2.75) is 43.5 Å². The van der Waals surface area contributed by atoms with Crippen LogP contribution in [0.3, 0.4) is 0 Å². The molecule has 9 heteroatoms. The van der Waals surface area contributed by atoms with Gasteiger partial charge in [0.1, 0.15) is 0 Å². The molecule has 0 saturated carbocycles. The number of hydrogen-bond donors (Lipinski definition) is 1. The van der Waals surface area contributed by atoms with Gasteiger partial charge >= 0.3 is 5.97 Å². The van der Waals surface area contributed by atoms with E-state index in [1.807, 2.05) is 30.3 Å². The molecule has 2 aromatic rings. The SMILES string of the molecule is CN(Cc1ccccc1)S(=O)(=O)c1ccc(Cl)c(C(=O)OCC(=O)NCCC2=CCCCC2)c1. The highest BCUT2D eigenvalue weighted by molar-refractivity contribution is 7.89. The van der Waals surface area contributed by atoms with Gasteiger partial charge in [-0.25, -0.2) is 13.2 Å². The van der Waals surface area contributed by atoms with Gasteiger partial charge in [-0.05, 0) is 55.9 Å². The summed E-state index contributed by atoms with van der Waals surface area (Å²) in [5.41, 5.74) is 2.05. The van der Waals surface area contributed by atoms with Crippen molar-refractivity contribution in [1.82, 2.24) is 9.62 Å². The molecule has 0 aromatic heterocycles. The Balaban J connectivity index is 1.58. The number of halogens is 1. The molecule has 0 spiro atoms. The van der Waals surface area contributed by atoms with Crippen molar-refractivity contribution in [3.8, 4) is 0 Å². The van der Waals surface area contributed by atoms with Crippen LogP contribution >= 0.6 is 11.6 Å². The number of carbonyl (C=O) groups excluding carboxylic acids is 2. The van der Waals surface area contributed by atoms with Crippen molar-refractivity contribution in [3.05, 3.63) is 76.3 Å². The Labute approximate surface area is 205 Å². The van der Waals surface area contributed by atoms with Gasteiger partial charge < -0.3 is 10.1 Å². The van der Waals surface area contributed by atoms with E-state index >= 15 is 0 Å². The molecular weight excluding hydrogens is 476 g/mol. The minimum atomic E-state index is -3.88. The summed E-state index contributed by atoms with van der Waals surface area (Å²) in [6.45, 7) is 0.173. The van der Waals surface area contributed by atoms with E-state index in [0.29, 0.717) is 6.54 Å². The Morgan fingerprint density at radius 2 is 1.88 bits per heavy atom. The average molecular weight is 505 g/mol. The summed E-state index contributed by atoms with van der Waals surface area (Å²) in [4.78, 5) is 24.5. The molecule has 1 aliphatic rings. The summed E-state index contributed by atoms with van der Waals surface area (Å²) < 4.78 is 32.3. The van der Waals surface area contributed by atoms with Gasteiger partial charge in [0.15, 0.2) is 6.61 Å². The lowest BCUT2D eigenvalue weighted by atomic mass is 9.97. The van der Waals surface area contributed by atoms with Gasteiger partial charge in [0.25, 0.3) is 5.91 Å². The Hall–Kier alpha value is -2.68. The average Bonchev–Trinajstić information content (AvgIpc) is 2.84. The van der Waals surface area contributed by atoms with Crippen molar-refractivity contribution in [3.63, 3.8) is 0 Å². The third-order valence-electron chi connectivity index (χ3n) is 5.60. The summed E-state index contributed by atoms with van der Waals surface area (Å²) in [5, 5.41) is 2.77. The minimum absolute atomic E-state index is 0.0410. The smallest absolute Gasteiger partial charge is 0.340 e. The number of hydrogen-bond acceptors (Lipinski definition) is 5. The Morgan fingerprint density at radius 1 is 1.12 bits per heavy atom. The zero-order valence-electron chi connectivity index (χ0n) is 19.1. The Morgan fingerprint density at radius 3 is 2.59 bits per heavy atom. The zero-order valence-corrected chi connectivity index (χ0v) is 20.7. The zero-order chi connectivity index (χ0) is 24.6. The minimum Gasteiger partial charge on any atom is -0.452 e. The molecule has 1 aliphatic carbocycles. The number of ether oxygens (including phenoxy) is 1. The first-order valence-corrected chi connectivity index (χ1v) is 13.0. The molecule has 0 atom stereocenters. The van der Waals surface area contributed by atoms with Crippen LogP contribution in [0.4, 0.5) is 0 Å². The largest absolute Gasteiger partial charge is 0.452 e. The lowest BCUT2D eigenvalue weighted by molar-refractivity contribution is -0.124. The second kappa shape index (κ2) is 12.1. The number of esters is 1. The molecule has 1 amide bonds. The van der Waals surface area contributed by atoms with E-state index in [1.54, 1.807) is 0 Å². The van der Waals surface area contributed by atoms with Gasteiger partial charge in [-0.3, -0.25) is 4.79 Å². The van der Waals surface area contributed by atoms with E-state index in [1.165, 1.54) is 48.0 Å². The number of amides is 1. The third kappa shape index (κ3) is 7.16. The van der Waals surface area contributed by atoms with Crippen LogP contribution in [0, 0.1) is 0 Å². The van der Waals surface area contributed by atoms with Gasteiger partial charge in [0, 0.05) is 20.1 Å². The number of sulfonamides is 1. The molecule has 0 fully saturated rings. The standard InChI is InChI=1S/C25H29ClN2O5S/c1-28(17-20-10-6-3-7-11-20)34(31,32)21-12-13-23(26)22(16-21)25(30)33-18-24(29)27-15-14-19-8-4-2-5-9-19/h3,6-8,10-13,16H,2,4-5,9,14-15,17-18H2,1H3,(H,27,29). The Bertz CT molecular complexity index is 1150. The van der Waals surface area contributed by atoms with Gasteiger partial charge in [-0.15, -0.1) is 0 Å². The molecule has 0 radical (unpaired) electrons. The molecule has 0 heterocycles. The molecule has 0 unspecified atom stereocenters. The Kier molecular flexibility index (Phi) is 9.27. The molecule has 0 saturated heterocycles. The predicted octanol–water partition coefficient (Wildman–Crippen LogP) is 4.32. The topological polar surface area (TPSA) is 92.8 Å². The van der Waals surface area contributed by atoms with E-state index in [9.17, 15) is 18.0 Å².